The van der Waals surface area contributed by atoms with Crippen molar-refractivity contribution in [3.8, 4) is 0 Å². The van der Waals surface area contributed by atoms with Gasteiger partial charge in [-0.05, 0) is 30.4 Å². The minimum atomic E-state index is -2.36. The van der Waals surface area contributed by atoms with Crippen molar-refractivity contribution < 1.29 is 8.78 Å². The Hall–Kier alpha value is -0.960. The van der Waals surface area contributed by atoms with E-state index < -0.39 is 6.43 Å². The zero-order valence-electron chi connectivity index (χ0n) is 7.84. The van der Waals surface area contributed by atoms with E-state index in [-0.39, 0.29) is 11.6 Å². The van der Waals surface area contributed by atoms with Gasteiger partial charge in [-0.1, -0.05) is 18.2 Å². The second-order valence-electron chi connectivity index (χ2n) is 3.79. The van der Waals surface area contributed by atoms with Gasteiger partial charge >= 0.3 is 0 Å². The monoisotopic (exact) mass is 197 g/mol. The van der Waals surface area contributed by atoms with Crippen molar-refractivity contribution in [2.24, 2.45) is 5.73 Å². The highest BCUT2D eigenvalue weighted by Crippen LogP contribution is 2.30. The van der Waals surface area contributed by atoms with Gasteiger partial charge in [0.25, 0.3) is 6.43 Å². The summed E-state index contributed by atoms with van der Waals surface area (Å²) < 4.78 is 25.2. The molecule has 1 aromatic rings. The maximum Gasteiger partial charge on any atom is 0.264 e. The molecule has 2 N–H and O–H groups in total. The zero-order chi connectivity index (χ0) is 10.1. The van der Waals surface area contributed by atoms with Crippen LogP contribution in [0.25, 0.3) is 0 Å². The molecule has 0 aromatic heterocycles. The Labute approximate surface area is 81.9 Å². The Kier molecular flexibility index (Phi) is 2.50. The van der Waals surface area contributed by atoms with Gasteiger partial charge in [0.05, 0.1) is 0 Å². The molecule has 2 rings (SSSR count). The highest BCUT2D eigenvalue weighted by Gasteiger charge is 2.21. The van der Waals surface area contributed by atoms with E-state index in [0.29, 0.717) is 6.42 Å². The van der Waals surface area contributed by atoms with Crippen LogP contribution in [0.3, 0.4) is 0 Å². The van der Waals surface area contributed by atoms with E-state index in [1.165, 1.54) is 6.07 Å². The van der Waals surface area contributed by atoms with Crippen molar-refractivity contribution in [3.63, 3.8) is 0 Å². The largest absolute Gasteiger partial charge is 0.327 e. The van der Waals surface area contributed by atoms with Gasteiger partial charge in [0.2, 0.25) is 0 Å². The van der Waals surface area contributed by atoms with Gasteiger partial charge in [0, 0.05) is 11.6 Å². The van der Waals surface area contributed by atoms with Crippen LogP contribution in [0.5, 0.6) is 0 Å². The highest BCUT2D eigenvalue weighted by molar-refractivity contribution is 5.38. The van der Waals surface area contributed by atoms with Gasteiger partial charge in [-0.2, -0.15) is 0 Å². The van der Waals surface area contributed by atoms with Crippen LogP contribution in [-0.4, -0.2) is 6.04 Å². The number of benzene rings is 1. The van der Waals surface area contributed by atoms with Gasteiger partial charge < -0.3 is 5.73 Å². The summed E-state index contributed by atoms with van der Waals surface area (Å²) in [6, 6.07) is 5.24. The maximum absolute atomic E-state index is 12.6. The average molecular weight is 197 g/mol. The van der Waals surface area contributed by atoms with Crippen LogP contribution in [0.2, 0.25) is 0 Å². The van der Waals surface area contributed by atoms with Gasteiger partial charge in [0.1, 0.15) is 0 Å². The molecule has 0 heterocycles. The van der Waals surface area contributed by atoms with Crippen LogP contribution in [0.15, 0.2) is 18.2 Å². The molecule has 1 nitrogen and oxygen atoms in total. The molecule has 0 amide bonds. The van der Waals surface area contributed by atoms with E-state index in [2.05, 4.69) is 0 Å². The first-order valence-electron chi connectivity index (χ1n) is 4.83. The SMILES string of the molecule is NC1CCc2c(cccc2C(F)F)C1. The standard InChI is InChI=1S/C11H13F2N/c12-11(13)10-3-1-2-7-6-8(14)4-5-9(7)10/h1-3,8,11H,4-6,14H2. The highest BCUT2D eigenvalue weighted by atomic mass is 19.3. The fraction of sp³-hybridized carbons (Fsp3) is 0.455. The third-order valence-electron chi connectivity index (χ3n) is 2.79. The number of hydrogen-bond donors (Lipinski definition) is 1. The predicted molar refractivity (Wildman–Crippen MR) is 51.4 cm³/mol. The zero-order valence-corrected chi connectivity index (χ0v) is 7.84. The topological polar surface area (TPSA) is 26.0 Å². The third-order valence-corrected chi connectivity index (χ3v) is 2.79. The fourth-order valence-corrected chi connectivity index (χ4v) is 2.07. The lowest BCUT2D eigenvalue weighted by atomic mass is 9.86. The van der Waals surface area contributed by atoms with Crippen LogP contribution in [0.1, 0.15) is 29.5 Å². The summed E-state index contributed by atoms with van der Waals surface area (Å²) in [5.41, 5.74) is 7.80. The molecule has 0 bridgehead atoms. The lowest BCUT2D eigenvalue weighted by Crippen LogP contribution is -2.28. The number of hydrogen-bond acceptors (Lipinski definition) is 1. The second kappa shape index (κ2) is 3.65. The summed E-state index contributed by atoms with van der Waals surface area (Å²) in [6.45, 7) is 0. The van der Waals surface area contributed by atoms with Crippen LogP contribution in [0.4, 0.5) is 8.78 Å². The summed E-state index contributed by atoms with van der Waals surface area (Å²) in [5, 5.41) is 0. The summed E-state index contributed by atoms with van der Waals surface area (Å²) in [7, 11) is 0. The van der Waals surface area contributed by atoms with Crippen molar-refractivity contribution in [2.75, 3.05) is 0 Å². The van der Waals surface area contributed by atoms with Crippen LogP contribution in [-0.2, 0) is 12.8 Å². The van der Waals surface area contributed by atoms with E-state index in [1.807, 2.05) is 6.07 Å². The smallest absolute Gasteiger partial charge is 0.264 e. The van der Waals surface area contributed by atoms with E-state index >= 15 is 0 Å². The molecule has 14 heavy (non-hydrogen) atoms. The number of halogens is 2. The first-order chi connectivity index (χ1) is 6.68. The number of rotatable bonds is 1. The van der Waals surface area contributed by atoms with Crippen molar-refractivity contribution in [3.05, 3.63) is 34.9 Å². The Morgan fingerprint density at radius 3 is 2.86 bits per heavy atom. The summed E-state index contributed by atoms with van der Waals surface area (Å²) in [5.74, 6) is 0. The molecular formula is C11H13F2N. The third kappa shape index (κ3) is 1.64. The molecule has 1 unspecified atom stereocenters. The van der Waals surface area contributed by atoms with Gasteiger partial charge in [-0.15, -0.1) is 0 Å². The molecule has 0 radical (unpaired) electrons. The molecule has 1 aliphatic rings. The van der Waals surface area contributed by atoms with Crippen molar-refractivity contribution in [1.82, 2.24) is 0 Å². The Morgan fingerprint density at radius 2 is 2.14 bits per heavy atom. The minimum Gasteiger partial charge on any atom is -0.327 e. The first-order valence-corrected chi connectivity index (χ1v) is 4.83. The Balaban J connectivity index is 2.41. The predicted octanol–water partition coefficient (Wildman–Crippen LogP) is 2.44. The molecule has 0 saturated carbocycles. The van der Waals surface area contributed by atoms with Gasteiger partial charge in [-0.3, -0.25) is 0 Å². The summed E-state index contributed by atoms with van der Waals surface area (Å²) >= 11 is 0. The number of fused-ring (bicyclic) bond motifs is 1. The molecule has 76 valence electrons. The lowest BCUT2D eigenvalue weighted by Gasteiger charge is -2.23. The molecular weight excluding hydrogens is 184 g/mol. The molecule has 0 spiro atoms. The molecule has 0 fully saturated rings. The van der Waals surface area contributed by atoms with Gasteiger partial charge in [0.15, 0.2) is 0 Å². The van der Waals surface area contributed by atoms with Crippen LogP contribution < -0.4 is 5.73 Å². The van der Waals surface area contributed by atoms with Crippen LogP contribution in [0, 0.1) is 0 Å². The lowest BCUT2D eigenvalue weighted by molar-refractivity contribution is 0.149. The van der Waals surface area contributed by atoms with Gasteiger partial charge in [-0.25, -0.2) is 8.78 Å². The average Bonchev–Trinajstić information content (AvgIpc) is 2.16. The van der Waals surface area contributed by atoms with Crippen LogP contribution >= 0.6 is 0 Å². The van der Waals surface area contributed by atoms with Crippen molar-refractivity contribution in [2.45, 2.75) is 31.7 Å². The molecule has 3 heteroatoms. The molecule has 1 aliphatic carbocycles. The molecule has 1 atom stereocenters. The van der Waals surface area contributed by atoms with E-state index in [9.17, 15) is 8.78 Å². The first kappa shape index (κ1) is 9.59. The van der Waals surface area contributed by atoms with E-state index in [4.69, 9.17) is 5.73 Å². The number of nitrogens with two attached hydrogens (primary N) is 1. The fourth-order valence-electron chi connectivity index (χ4n) is 2.07. The van der Waals surface area contributed by atoms with Crippen molar-refractivity contribution >= 4 is 0 Å². The Bertz CT molecular complexity index is 336. The van der Waals surface area contributed by atoms with E-state index in [1.54, 1.807) is 6.07 Å². The normalized spacial score (nSPS) is 21.0. The number of alkyl halides is 2. The van der Waals surface area contributed by atoms with E-state index in [0.717, 1.165) is 24.0 Å². The van der Waals surface area contributed by atoms with Crippen molar-refractivity contribution in [1.29, 1.82) is 0 Å². The minimum absolute atomic E-state index is 0.135. The quantitative estimate of drug-likeness (QED) is 0.735. The maximum atomic E-state index is 12.6. The summed E-state index contributed by atoms with van der Waals surface area (Å²) in [4.78, 5) is 0. The Morgan fingerprint density at radius 1 is 1.36 bits per heavy atom. The second-order valence-corrected chi connectivity index (χ2v) is 3.79. The molecule has 1 aromatic carbocycles. The molecule has 0 aliphatic heterocycles. The molecule has 0 saturated heterocycles. The summed E-state index contributed by atoms with van der Waals surface area (Å²) in [6.07, 6.45) is -0.122.